The number of benzene rings is 2. The molecule has 0 aromatic heterocycles. The molecule has 182 valence electrons. The van der Waals surface area contributed by atoms with Gasteiger partial charge in [0, 0.05) is 11.1 Å². The second-order valence-electron chi connectivity index (χ2n) is 7.20. The van der Waals surface area contributed by atoms with Crippen LogP contribution in [0.5, 0.6) is 0 Å². The first-order chi connectivity index (χ1) is 15.9. The van der Waals surface area contributed by atoms with Crippen molar-refractivity contribution in [3.05, 3.63) is 70.7 Å². The molecule has 0 unspecified atom stereocenters. The molecule has 0 aliphatic rings. The zero-order chi connectivity index (χ0) is 25.5. The molecule has 0 atom stereocenters. The second kappa shape index (κ2) is 11.9. The molecule has 2 aromatic rings. The minimum atomic E-state index is -4.14. The average molecular weight is 528 g/mol. The topological polar surface area (TPSA) is 122 Å². The summed E-state index contributed by atoms with van der Waals surface area (Å²) in [7, 11) is -4.14. The van der Waals surface area contributed by atoms with Crippen LogP contribution in [-0.4, -0.2) is 45.5 Å². The summed E-state index contributed by atoms with van der Waals surface area (Å²) in [4.78, 5) is 35.6. The van der Waals surface area contributed by atoms with E-state index >= 15 is 0 Å². The minimum Gasteiger partial charge on any atom is -0.452 e. The molecule has 0 saturated carbocycles. The summed E-state index contributed by atoms with van der Waals surface area (Å²) < 4.78 is 32.6. The Hall–Kier alpha value is -3.08. The van der Waals surface area contributed by atoms with E-state index in [4.69, 9.17) is 27.9 Å². The summed E-state index contributed by atoms with van der Waals surface area (Å²) in [6.07, 6.45) is 1.41. The fourth-order valence-corrected chi connectivity index (χ4v) is 4.47. The van der Waals surface area contributed by atoms with Crippen LogP contribution in [0.4, 0.5) is 10.5 Å². The molecule has 2 aromatic carbocycles. The number of carbonyl (C=O) groups excluding carboxylic acids is 3. The van der Waals surface area contributed by atoms with E-state index in [-0.39, 0.29) is 28.1 Å². The van der Waals surface area contributed by atoms with Crippen molar-refractivity contribution in [2.45, 2.75) is 24.8 Å². The van der Waals surface area contributed by atoms with Crippen LogP contribution in [-0.2, 0) is 19.6 Å². The molecule has 0 aliphatic carbocycles. The van der Waals surface area contributed by atoms with E-state index in [9.17, 15) is 22.8 Å². The van der Waals surface area contributed by atoms with Gasteiger partial charge in [-0.15, -0.1) is 6.58 Å². The number of hydrogen-bond acceptors (Lipinski definition) is 6. The normalized spacial score (nSPS) is 11.0. The fourth-order valence-electron chi connectivity index (χ4n) is 2.69. The highest BCUT2D eigenvalue weighted by Crippen LogP contribution is 2.28. The summed E-state index contributed by atoms with van der Waals surface area (Å²) in [6.45, 7) is 6.18. The molecule has 0 saturated heterocycles. The van der Waals surface area contributed by atoms with Crippen molar-refractivity contribution in [3.63, 3.8) is 0 Å². The number of carbonyl (C=O) groups is 3. The molecule has 0 bridgehead atoms. The summed E-state index contributed by atoms with van der Waals surface area (Å²) in [5.74, 6) is -1.91. The summed E-state index contributed by atoms with van der Waals surface area (Å²) in [5, 5.41) is 4.80. The molecule has 12 heteroatoms. The van der Waals surface area contributed by atoms with Crippen LogP contribution in [0.15, 0.2) is 60.0 Å². The number of amides is 3. The lowest BCUT2D eigenvalue weighted by molar-refractivity contribution is -0.123. The van der Waals surface area contributed by atoms with Crippen molar-refractivity contribution in [3.8, 4) is 0 Å². The number of urea groups is 1. The Labute approximate surface area is 207 Å². The maximum absolute atomic E-state index is 13.3. The van der Waals surface area contributed by atoms with Crippen LogP contribution in [0, 0.1) is 0 Å². The van der Waals surface area contributed by atoms with E-state index < -0.39 is 34.5 Å². The first-order valence-electron chi connectivity index (χ1n) is 9.92. The standard InChI is InChI=1S/C22H23Cl2N3O6S/c1-4-11-27(16-7-5-15(23)6-8-16)34(31,32)17-9-10-19(24)18(12-17)21(29)33-13-20(28)26-22(30)25-14(2)3/h4-10,12,14H,1,11,13H2,2-3H3,(H2,25,26,28,30). The molecule has 9 nitrogen and oxygen atoms in total. The maximum Gasteiger partial charge on any atom is 0.340 e. The third kappa shape index (κ3) is 7.21. The number of anilines is 1. The lowest BCUT2D eigenvalue weighted by atomic mass is 10.2. The molecule has 0 heterocycles. The average Bonchev–Trinajstić information content (AvgIpc) is 2.76. The van der Waals surface area contributed by atoms with Gasteiger partial charge in [0.05, 0.1) is 27.7 Å². The Balaban J connectivity index is 2.24. The van der Waals surface area contributed by atoms with Crippen LogP contribution in [0.1, 0.15) is 24.2 Å². The van der Waals surface area contributed by atoms with Gasteiger partial charge in [0.25, 0.3) is 15.9 Å². The van der Waals surface area contributed by atoms with Gasteiger partial charge in [-0.05, 0) is 56.3 Å². The van der Waals surface area contributed by atoms with E-state index in [0.29, 0.717) is 10.7 Å². The number of esters is 1. The molecular formula is C22H23Cl2N3O6S. The maximum atomic E-state index is 13.3. The number of rotatable bonds is 9. The number of halogens is 2. The summed E-state index contributed by atoms with van der Waals surface area (Å²) in [5.41, 5.74) is 0.0663. The highest BCUT2D eigenvalue weighted by Gasteiger charge is 2.26. The van der Waals surface area contributed by atoms with Crippen LogP contribution in [0.2, 0.25) is 10.0 Å². The molecule has 0 radical (unpaired) electrons. The Morgan fingerprint density at radius 1 is 1.12 bits per heavy atom. The summed E-state index contributed by atoms with van der Waals surface area (Å²) >= 11 is 12.0. The van der Waals surface area contributed by atoms with Crippen molar-refractivity contribution in [1.29, 1.82) is 0 Å². The largest absolute Gasteiger partial charge is 0.452 e. The van der Waals surface area contributed by atoms with Gasteiger partial charge in [0.2, 0.25) is 0 Å². The zero-order valence-corrected chi connectivity index (χ0v) is 20.7. The van der Waals surface area contributed by atoms with E-state index in [1.165, 1.54) is 30.3 Å². The Kier molecular flexibility index (Phi) is 9.48. The van der Waals surface area contributed by atoms with Gasteiger partial charge in [-0.3, -0.25) is 14.4 Å². The molecule has 0 fully saturated rings. The van der Waals surface area contributed by atoms with Gasteiger partial charge in [0.15, 0.2) is 6.61 Å². The molecule has 2 N–H and O–H groups in total. The molecule has 0 aliphatic heterocycles. The highest BCUT2D eigenvalue weighted by atomic mass is 35.5. The van der Waals surface area contributed by atoms with Crippen LogP contribution in [0.3, 0.4) is 0 Å². The predicted molar refractivity (Wildman–Crippen MR) is 130 cm³/mol. The Bertz CT molecular complexity index is 1180. The number of nitrogens with one attached hydrogen (secondary N) is 2. The first kappa shape index (κ1) is 27.2. The predicted octanol–water partition coefficient (Wildman–Crippen LogP) is 3.77. The molecule has 3 amide bonds. The third-order valence-electron chi connectivity index (χ3n) is 4.16. The van der Waals surface area contributed by atoms with Crippen molar-refractivity contribution < 1.29 is 27.5 Å². The van der Waals surface area contributed by atoms with Crippen molar-refractivity contribution in [1.82, 2.24) is 10.6 Å². The number of hydrogen-bond donors (Lipinski definition) is 2. The lowest BCUT2D eigenvalue weighted by Gasteiger charge is -2.23. The van der Waals surface area contributed by atoms with E-state index in [1.54, 1.807) is 26.0 Å². The van der Waals surface area contributed by atoms with E-state index in [0.717, 1.165) is 10.4 Å². The van der Waals surface area contributed by atoms with Crippen LogP contribution < -0.4 is 14.9 Å². The van der Waals surface area contributed by atoms with E-state index in [2.05, 4.69) is 11.9 Å². The van der Waals surface area contributed by atoms with Crippen molar-refractivity contribution >= 4 is 56.8 Å². The van der Waals surface area contributed by atoms with Gasteiger partial charge in [-0.2, -0.15) is 0 Å². The second-order valence-corrected chi connectivity index (χ2v) is 9.90. The molecule has 0 spiro atoms. The van der Waals surface area contributed by atoms with Crippen LogP contribution in [0.25, 0.3) is 0 Å². The quantitative estimate of drug-likeness (QED) is 0.378. The Morgan fingerprint density at radius 3 is 2.35 bits per heavy atom. The Morgan fingerprint density at radius 2 is 1.76 bits per heavy atom. The monoisotopic (exact) mass is 527 g/mol. The molecule has 2 rings (SSSR count). The summed E-state index contributed by atoms with van der Waals surface area (Å²) in [6, 6.07) is 8.72. The number of ether oxygens (including phenoxy) is 1. The number of nitrogens with zero attached hydrogens (tertiary/aromatic N) is 1. The van der Waals surface area contributed by atoms with Gasteiger partial charge >= 0.3 is 12.0 Å². The molecular weight excluding hydrogens is 505 g/mol. The van der Waals surface area contributed by atoms with Gasteiger partial charge in [-0.25, -0.2) is 18.0 Å². The van der Waals surface area contributed by atoms with Gasteiger partial charge in [-0.1, -0.05) is 29.3 Å². The smallest absolute Gasteiger partial charge is 0.340 e. The lowest BCUT2D eigenvalue weighted by Crippen LogP contribution is -2.44. The molecule has 34 heavy (non-hydrogen) atoms. The van der Waals surface area contributed by atoms with Gasteiger partial charge < -0.3 is 10.1 Å². The number of imide groups is 1. The first-order valence-corrected chi connectivity index (χ1v) is 12.1. The van der Waals surface area contributed by atoms with Crippen LogP contribution >= 0.6 is 23.2 Å². The van der Waals surface area contributed by atoms with E-state index in [1.807, 2.05) is 5.32 Å². The SMILES string of the molecule is C=CCN(c1ccc(Cl)cc1)S(=O)(=O)c1ccc(Cl)c(C(=O)OCC(=O)NC(=O)NC(C)C)c1. The highest BCUT2D eigenvalue weighted by molar-refractivity contribution is 7.92. The zero-order valence-electron chi connectivity index (χ0n) is 18.4. The fraction of sp³-hybridized carbons (Fsp3) is 0.227. The number of sulfonamides is 1. The van der Waals surface area contributed by atoms with Gasteiger partial charge in [0.1, 0.15) is 0 Å². The van der Waals surface area contributed by atoms with Crippen molar-refractivity contribution in [2.24, 2.45) is 0 Å². The minimum absolute atomic E-state index is 0.0506. The van der Waals surface area contributed by atoms with Crippen molar-refractivity contribution in [2.75, 3.05) is 17.5 Å². The third-order valence-corrected chi connectivity index (χ3v) is 6.53.